The van der Waals surface area contributed by atoms with Crippen molar-refractivity contribution in [2.45, 2.75) is 24.3 Å². The van der Waals surface area contributed by atoms with Crippen LogP contribution in [0, 0.1) is 0 Å². The van der Waals surface area contributed by atoms with Crippen LogP contribution in [0.3, 0.4) is 0 Å². The first-order valence-corrected chi connectivity index (χ1v) is 10.6. The van der Waals surface area contributed by atoms with Crippen molar-refractivity contribution in [2.75, 3.05) is 52.4 Å². The van der Waals surface area contributed by atoms with E-state index in [2.05, 4.69) is 6.92 Å². The molecular formula is C18H27N3O4S. The molecule has 0 bridgehead atoms. The highest BCUT2D eigenvalue weighted by atomic mass is 32.2. The summed E-state index contributed by atoms with van der Waals surface area (Å²) >= 11 is 0. The predicted molar refractivity (Wildman–Crippen MR) is 98.3 cm³/mol. The van der Waals surface area contributed by atoms with Crippen LogP contribution in [0.2, 0.25) is 0 Å². The van der Waals surface area contributed by atoms with E-state index in [9.17, 15) is 13.2 Å². The topological polar surface area (TPSA) is 70.2 Å². The van der Waals surface area contributed by atoms with Crippen molar-refractivity contribution >= 4 is 15.9 Å². The van der Waals surface area contributed by atoms with Crippen molar-refractivity contribution in [1.29, 1.82) is 0 Å². The summed E-state index contributed by atoms with van der Waals surface area (Å²) in [6.45, 7) is 6.23. The number of rotatable bonds is 5. The maximum atomic E-state index is 12.7. The Hall–Kier alpha value is -1.48. The fraction of sp³-hybridized carbons (Fsp3) is 0.611. The minimum Gasteiger partial charge on any atom is -0.375 e. The highest BCUT2D eigenvalue weighted by Crippen LogP contribution is 2.17. The first-order chi connectivity index (χ1) is 12.5. The van der Waals surface area contributed by atoms with Crippen LogP contribution in [0.4, 0.5) is 0 Å². The molecule has 2 saturated heterocycles. The smallest absolute Gasteiger partial charge is 0.243 e. The summed E-state index contributed by atoms with van der Waals surface area (Å²) in [5.41, 5.74) is 0. The van der Waals surface area contributed by atoms with Crippen LogP contribution < -0.4 is 0 Å². The number of morpholine rings is 1. The zero-order valence-corrected chi connectivity index (χ0v) is 16.0. The molecule has 0 spiro atoms. The minimum absolute atomic E-state index is 0.103. The van der Waals surface area contributed by atoms with Gasteiger partial charge in [-0.15, -0.1) is 0 Å². The maximum absolute atomic E-state index is 12.7. The van der Waals surface area contributed by atoms with Crippen molar-refractivity contribution < 1.29 is 17.9 Å². The summed E-state index contributed by atoms with van der Waals surface area (Å²) in [6, 6.07) is 8.50. The van der Waals surface area contributed by atoms with Crippen LogP contribution in [0.15, 0.2) is 35.2 Å². The van der Waals surface area contributed by atoms with E-state index in [1.54, 1.807) is 30.3 Å². The van der Waals surface area contributed by atoms with Gasteiger partial charge in [-0.1, -0.05) is 25.1 Å². The molecule has 3 rings (SSSR count). The van der Waals surface area contributed by atoms with Gasteiger partial charge in [0.25, 0.3) is 0 Å². The third kappa shape index (κ3) is 4.43. The zero-order chi connectivity index (χ0) is 18.6. The van der Waals surface area contributed by atoms with Crippen LogP contribution in [0.1, 0.15) is 13.3 Å². The Morgan fingerprint density at radius 3 is 2.46 bits per heavy atom. The molecular weight excluding hydrogens is 354 g/mol. The Kier molecular flexibility index (Phi) is 6.29. The Morgan fingerprint density at radius 2 is 1.81 bits per heavy atom. The largest absolute Gasteiger partial charge is 0.375 e. The Bertz CT molecular complexity index is 702. The highest BCUT2D eigenvalue weighted by molar-refractivity contribution is 7.89. The van der Waals surface area contributed by atoms with E-state index in [-0.39, 0.29) is 12.0 Å². The lowest BCUT2D eigenvalue weighted by molar-refractivity contribution is -0.140. The molecule has 1 unspecified atom stereocenters. The number of benzene rings is 1. The third-order valence-corrected chi connectivity index (χ3v) is 6.93. The molecule has 2 heterocycles. The predicted octanol–water partition coefficient (Wildman–Crippen LogP) is 0.630. The summed E-state index contributed by atoms with van der Waals surface area (Å²) in [5, 5.41) is 0. The van der Waals surface area contributed by atoms with Gasteiger partial charge in [0.05, 0.1) is 24.2 Å². The minimum atomic E-state index is -3.45. The third-order valence-electron chi connectivity index (χ3n) is 5.02. The number of carbonyl (C=O) groups is 1. The van der Waals surface area contributed by atoms with Gasteiger partial charge in [-0.25, -0.2) is 8.42 Å². The normalized spacial score (nSPS) is 23.1. The number of nitrogens with zero attached hydrogens (tertiary/aromatic N) is 3. The molecule has 26 heavy (non-hydrogen) atoms. The molecule has 2 aliphatic heterocycles. The second-order valence-electron chi connectivity index (χ2n) is 6.73. The van der Waals surface area contributed by atoms with Crippen LogP contribution >= 0.6 is 0 Å². The molecule has 1 aromatic rings. The maximum Gasteiger partial charge on any atom is 0.243 e. The molecule has 0 radical (unpaired) electrons. The standard InChI is InChI=1S/C18H27N3O4S/c1-2-16-14-20(12-13-25-16)18(22)15-19-8-10-21(11-9-19)26(23,24)17-6-4-3-5-7-17/h3-7,16H,2,8-15H2,1H3. The Balaban J connectivity index is 1.52. The number of sulfonamides is 1. The number of piperazine rings is 1. The highest BCUT2D eigenvalue weighted by Gasteiger charge is 2.30. The molecule has 0 N–H and O–H groups in total. The van der Waals surface area contributed by atoms with Gasteiger partial charge < -0.3 is 9.64 Å². The molecule has 1 atom stereocenters. The zero-order valence-electron chi connectivity index (χ0n) is 15.2. The van der Waals surface area contributed by atoms with Crippen LogP contribution in [-0.2, 0) is 19.6 Å². The monoisotopic (exact) mass is 381 g/mol. The van der Waals surface area contributed by atoms with Gasteiger partial charge in [-0.2, -0.15) is 4.31 Å². The van der Waals surface area contributed by atoms with E-state index >= 15 is 0 Å². The quantitative estimate of drug-likeness (QED) is 0.748. The molecule has 0 saturated carbocycles. The van der Waals surface area contributed by atoms with Crippen LogP contribution in [-0.4, -0.2) is 87.0 Å². The van der Waals surface area contributed by atoms with E-state index in [0.717, 1.165) is 6.42 Å². The van der Waals surface area contributed by atoms with Crippen LogP contribution in [0.25, 0.3) is 0 Å². The summed E-state index contributed by atoms with van der Waals surface area (Å²) < 4.78 is 32.4. The van der Waals surface area contributed by atoms with Gasteiger partial charge in [-0.3, -0.25) is 9.69 Å². The Morgan fingerprint density at radius 1 is 1.12 bits per heavy atom. The van der Waals surface area contributed by atoms with Gasteiger partial charge in [-0.05, 0) is 18.6 Å². The van der Waals surface area contributed by atoms with E-state index in [1.165, 1.54) is 4.31 Å². The lowest BCUT2D eigenvalue weighted by Gasteiger charge is -2.36. The summed E-state index contributed by atoms with van der Waals surface area (Å²) in [7, 11) is -3.45. The van der Waals surface area contributed by atoms with E-state index in [1.807, 2.05) is 9.80 Å². The second-order valence-corrected chi connectivity index (χ2v) is 8.67. The van der Waals surface area contributed by atoms with Crippen LogP contribution in [0.5, 0.6) is 0 Å². The fourth-order valence-electron chi connectivity index (χ4n) is 3.35. The van der Waals surface area contributed by atoms with Crippen molar-refractivity contribution in [1.82, 2.24) is 14.1 Å². The van der Waals surface area contributed by atoms with Gasteiger partial charge in [0.1, 0.15) is 0 Å². The average Bonchev–Trinajstić information content (AvgIpc) is 2.69. The molecule has 7 nitrogen and oxygen atoms in total. The Labute approximate surface area is 155 Å². The van der Waals surface area contributed by atoms with Crippen molar-refractivity contribution in [3.63, 3.8) is 0 Å². The molecule has 1 amide bonds. The number of hydrogen-bond acceptors (Lipinski definition) is 5. The molecule has 2 aliphatic rings. The molecule has 0 aromatic heterocycles. The van der Waals surface area contributed by atoms with Crippen molar-refractivity contribution in [3.8, 4) is 0 Å². The van der Waals surface area contributed by atoms with E-state index in [0.29, 0.717) is 57.3 Å². The average molecular weight is 381 g/mol. The fourth-order valence-corrected chi connectivity index (χ4v) is 4.80. The molecule has 1 aromatic carbocycles. The lowest BCUT2D eigenvalue weighted by Crippen LogP contribution is -2.53. The molecule has 0 aliphatic carbocycles. The summed E-state index contributed by atoms with van der Waals surface area (Å²) in [6.07, 6.45) is 1.03. The SMILES string of the molecule is CCC1CN(C(=O)CN2CCN(S(=O)(=O)c3ccccc3)CC2)CCO1. The van der Waals surface area contributed by atoms with Gasteiger partial charge in [0, 0.05) is 39.3 Å². The molecule has 8 heteroatoms. The number of carbonyl (C=O) groups excluding carboxylic acids is 1. The number of hydrogen-bond donors (Lipinski definition) is 0. The summed E-state index contributed by atoms with van der Waals surface area (Å²) in [5.74, 6) is 0.103. The van der Waals surface area contributed by atoms with Crippen molar-refractivity contribution in [3.05, 3.63) is 30.3 Å². The number of ether oxygens (including phenoxy) is 1. The van der Waals surface area contributed by atoms with Gasteiger partial charge >= 0.3 is 0 Å². The first kappa shape index (κ1) is 19.3. The first-order valence-electron chi connectivity index (χ1n) is 9.17. The summed E-state index contributed by atoms with van der Waals surface area (Å²) in [4.78, 5) is 16.8. The van der Waals surface area contributed by atoms with E-state index < -0.39 is 10.0 Å². The van der Waals surface area contributed by atoms with E-state index in [4.69, 9.17) is 4.74 Å². The molecule has 144 valence electrons. The van der Waals surface area contributed by atoms with Gasteiger partial charge in [0.2, 0.25) is 15.9 Å². The van der Waals surface area contributed by atoms with Gasteiger partial charge in [0.15, 0.2) is 0 Å². The number of amides is 1. The van der Waals surface area contributed by atoms with Crippen molar-refractivity contribution in [2.24, 2.45) is 0 Å². The second kappa shape index (κ2) is 8.47. The lowest BCUT2D eigenvalue weighted by atomic mass is 10.2. The molecule has 2 fully saturated rings.